The molecular weight excluding hydrogens is 226 g/mol. The third kappa shape index (κ3) is 2.23. The van der Waals surface area contributed by atoms with Crippen LogP contribution in [0.1, 0.15) is 12.8 Å². The average molecular weight is 241 g/mol. The molecule has 1 fully saturated rings. The van der Waals surface area contributed by atoms with Crippen LogP contribution in [0.2, 0.25) is 0 Å². The van der Waals surface area contributed by atoms with Gasteiger partial charge in [-0.15, -0.1) is 0 Å². The number of sulfonamides is 1. The summed E-state index contributed by atoms with van der Waals surface area (Å²) in [7, 11) is -3.45. The summed E-state index contributed by atoms with van der Waals surface area (Å²) in [6, 6.07) is 4.81. The zero-order chi connectivity index (χ0) is 11.6. The van der Waals surface area contributed by atoms with Crippen LogP contribution in [0.15, 0.2) is 29.4 Å². The van der Waals surface area contributed by atoms with E-state index in [9.17, 15) is 8.42 Å². The Bertz CT molecular complexity index is 446. The predicted octanol–water partition coefficient (Wildman–Crippen LogP) is 0.193. The van der Waals surface area contributed by atoms with E-state index in [2.05, 4.69) is 4.98 Å². The van der Waals surface area contributed by atoms with E-state index in [0.29, 0.717) is 13.1 Å². The topological polar surface area (TPSA) is 76.3 Å². The monoisotopic (exact) mass is 241 g/mol. The van der Waals surface area contributed by atoms with Gasteiger partial charge in [0.15, 0.2) is 5.03 Å². The Kier molecular flexibility index (Phi) is 3.22. The molecule has 0 bridgehead atoms. The van der Waals surface area contributed by atoms with E-state index in [1.165, 1.54) is 16.6 Å². The van der Waals surface area contributed by atoms with E-state index in [0.717, 1.165) is 12.8 Å². The molecule has 1 saturated heterocycles. The number of hydrogen-bond acceptors (Lipinski definition) is 4. The lowest BCUT2D eigenvalue weighted by Gasteiger charge is -2.29. The van der Waals surface area contributed by atoms with Crippen molar-refractivity contribution in [3.8, 4) is 0 Å². The molecule has 1 aliphatic rings. The first kappa shape index (κ1) is 11.5. The molecule has 2 heterocycles. The molecule has 0 aliphatic carbocycles. The van der Waals surface area contributed by atoms with Gasteiger partial charge in [-0.2, -0.15) is 4.31 Å². The van der Waals surface area contributed by atoms with Crippen molar-refractivity contribution in [2.24, 2.45) is 5.73 Å². The number of piperidine rings is 1. The Morgan fingerprint density at radius 3 is 2.88 bits per heavy atom. The van der Waals surface area contributed by atoms with Gasteiger partial charge < -0.3 is 5.73 Å². The molecule has 5 nitrogen and oxygen atoms in total. The second kappa shape index (κ2) is 4.48. The first-order chi connectivity index (χ1) is 7.60. The second-order valence-electron chi connectivity index (χ2n) is 3.93. The minimum absolute atomic E-state index is 0.0627. The number of rotatable bonds is 2. The molecule has 1 aliphatic heterocycles. The largest absolute Gasteiger partial charge is 0.327 e. The van der Waals surface area contributed by atoms with Gasteiger partial charge in [0.25, 0.3) is 10.0 Å². The van der Waals surface area contributed by atoms with Crippen molar-refractivity contribution < 1.29 is 8.42 Å². The fourth-order valence-corrected chi connectivity index (χ4v) is 3.29. The van der Waals surface area contributed by atoms with E-state index >= 15 is 0 Å². The van der Waals surface area contributed by atoms with Crippen molar-refractivity contribution in [1.29, 1.82) is 0 Å². The number of hydrogen-bond donors (Lipinski definition) is 1. The van der Waals surface area contributed by atoms with Crippen LogP contribution in [0, 0.1) is 0 Å². The highest BCUT2D eigenvalue weighted by molar-refractivity contribution is 7.89. The Morgan fingerprint density at radius 2 is 2.25 bits per heavy atom. The molecule has 0 saturated carbocycles. The van der Waals surface area contributed by atoms with Crippen molar-refractivity contribution >= 4 is 10.0 Å². The maximum Gasteiger partial charge on any atom is 0.260 e. The molecule has 0 aromatic carbocycles. The molecule has 1 aromatic heterocycles. The van der Waals surface area contributed by atoms with Gasteiger partial charge in [0, 0.05) is 25.3 Å². The minimum atomic E-state index is -3.45. The quantitative estimate of drug-likeness (QED) is 0.802. The summed E-state index contributed by atoms with van der Waals surface area (Å²) >= 11 is 0. The van der Waals surface area contributed by atoms with Gasteiger partial charge in [-0.3, -0.25) is 0 Å². The third-order valence-corrected chi connectivity index (χ3v) is 4.44. The lowest BCUT2D eigenvalue weighted by Crippen LogP contribution is -2.45. The zero-order valence-electron chi connectivity index (χ0n) is 8.91. The van der Waals surface area contributed by atoms with Crippen LogP contribution in [0.4, 0.5) is 0 Å². The Labute approximate surface area is 95.3 Å². The highest BCUT2D eigenvalue weighted by atomic mass is 32.2. The van der Waals surface area contributed by atoms with Gasteiger partial charge >= 0.3 is 0 Å². The van der Waals surface area contributed by atoms with Crippen LogP contribution >= 0.6 is 0 Å². The number of nitrogens with zero attached hydrogens (tertiary/aromatic N) is 2. The lowest BCUT2D eigenvalue weighted by atomic mass is 10.1. The van der Waals surface area contributed by atoms with E-state index < -0.39 is 10.0 Å². The first-order valence-electron chi connectivity index (χ1n) is 5.27. The van der Waals surface area contributed by atoms with Gasteiger partial charge in [-0.1, -0.05) is 6.07 Å². The second-order valence-corrected chi connectivity index (χ2v) is 5.82. The van der Waals surface area contributed by atoms with Gasteiger partial charge in [-0.05, 0) is 25.0 Å². The van der Waals surface area contributed by atoms with E-state index in [1.54, 1.807) is 12.1 Å². The smallest absolute Gasteiger partial charge is 0.260 e. The third-order valence-electron chi connectivity index (χ3n) is 2.66. The number of pyridine rings is 1. The van der Waals surface area contributed by atoms with Crippen molar-refractivity contribution in [1.82, 2.24) is 9.29 Å². The summed E-state index contributed by atoms with van der Waals surface area (Å²) in [4.78, 5) is 3.88. The summed E-state index contributed by atoms with van der Waals surface area (Å²) in [6.07, 6.45) is 3.18. The van der Waals surface area contributed by atoms with Gasteiger partial charge in [-0.25, -0.2) is 13.4 Å². The summed E-state index contributed by atoms with van der Waals surface area (Å²) in [5.41, 5.74) is 5.77. The van der Waals surface area contributed by atoms with Gasteiger partial charge in [0.1, 0.15) is 0 Å². The molecule has 88 valence electrons. The maximum absolute atomic E-state index is 12.1. The van der Waals surface area contributed by atoms with Gasteiger partial charge in [0.05, 0.1) is 0 Å². The average Bonchev–Trinajstić information content (AvgIpc) is 2.30. The predicted molar refractivity (Wildman–Crippen MR) is 60.2 cm³/mol. The first-order valence-corrected chi connectivity index (χ1v) is 6.71. The van der Waals surface area contributed by atoms with Crippen LogP contribution in [-0.4, -0.2) is 36.8 Å². The molecule has 6 heteroatoms. The van der Waals surface area contributed by atoms with E-state index in [1.807, 2.05) is 0 Å². The molecular formula is C10H15N3O2S. The molecule has 16 heavy (non-hydrogen) atoms. The van der Waals surface area contributed by atoms with E-state index in [4.69, 9.17) is 5.73 Å². The number of nitrogens with two attached hydrogens (primary N) is 1. The fraction of sp³-hybridized carbons (Fsp3) is 0.500. The molecule has 1 unspecified atom stereocenters. The van der Waals surface area contributed by atoms with Gasteiger partial charge in [0.2, 0.25) is 0 Å². The summed E-state index contributed by atoms with van der Waals surface area (Å²) in [5.74, 6) is 0. The summed E-state index contributed by atoms with van der Waals surface area (Å²) in [5, 5.41) is 0.101. The maximum atomic E-state index is 12.1. The van der Waals surface area contributed by atoms with E-state index in [-0.39, 0.29) is 11.1 Å². The zero-order valence-corrected chi connectivity index (χ0v) is 9.73. The molecule has 1 aromatic rings. The fourth-order valence-electron chi connectivity index (χ4n) is 1.82. The molecule has 0 amide bonds. The van der Waals surface area contributed by atoms with Crippen LogP contribution in [0.5, 0.6) is 0 Å². The minimum Gasteiger partial charge on any atom is -0.327 e. The van der Waals surface area contributed by atoms with Crippen molar-refractivity contribution in [3.05, 3.63) is 24.4 Å². The Morgan fingerprint density at radius 1 is 1.44 bits per heavy atom. The SMILES string of the molecule is NC1CCCN(S(=O)(=O)c2ccccn2)C1. The van der Waals surface area contributed by atoms with Crippen molar-refractivity contribution in [2.45, 2.75) is 23.9 Å². The highest BCUT2D eigenvalue weighted by Gasteiger charge is 2.29. The molecule has 1 atom stereocenters. The molecule has 0 radical (unpaired) electrons. The number of aromatic nitrogens is 1. The Balaban J connectivity index is 2.26. The van der Waals surface area contributed by atoms with Crippen LogP contribution in [0.25, 0.3) is 0 Å². The van der Waals surface area contributed by atoms with Crippen LogP contribution in [0.3, 0.4) is 0 Å². The summed E-state index contributed by atoms with van der Waals surface area (Å²) < 4.78 is 25.7. The van der Waals surface area contributed by atoms with Crippen molar-refractivity contribution in [3.63, 3.8) is 0 Å². The molecule has 2 rings (SSSR count). The normalized spacial score (nSPS) is 23.2. The van der Waals surface area contributed by atoms with Crippen LogP contribution in [-0.2, 0) is 10.0 Å². The lowest BCUT2D eigenvalue weighted by molar-refractivity contribution is 0.315. The van der Waals surface area contributed by atoms with Crippen molar-refractivity contribution in [2.75, 3.05) is 13.1 Å². The molecule has 2 N–H and O–H groups in total. The van der Waals surface area contributed by atoms with Crippen LogP contribution < -0.4 is 5.73 Å². The standard InChI is InChI=1S/C10H15N3O2S/c11-9-4-3-7-13(8-9)16(14,15)10-5-1-2-6-12-10/h1-2,5-6,9H,3-4,7-8,11H2. The molecule has 0 spiro atoms. The Hall–Kier alpha value is -0.980. The summed E-state index contributed by atoms with van der Waals surface area (Å²) in [6.45, 7) is 0.922. The highest BCUT2D eigenvalue weighted by Crippen LogP contribution is 2.17.